The molecule has 0 spiro atoms. The smallest absolute Gasteiger partial charge is 0.475 e. The molecular formula is C24H29F3N4O6. The molecular weight excluding hydrogens is 497 g/mol. The molecule has 1 N–H and O–H groups in total. The number of imide groups is 1. The van der Waals surface area contributed by atoms with Crippen molar-refractivity contribution in [3.63, 3.8) is 0 Å². The number of likely N-dealkylation sites (N-methyl/N-ethyl adjacent to an activating group) is 1. The number of carbonyl (C=O) groups is 4. The van der Waals surface area contributed by atoms with Gasteiger partial charge in [-0.05, 0) is 18.9 Å². The average Bonchev–Trinajstić information content (AvgIpc) is 3.45. The summed E-state index contributed by atoms with van der Waals surface area (Å²) >= 11 is 0. The van der Waals surface area contributed by atoms with Crippen molar-refractivity contribution in [1.82, 2.24) is 14.7 Å². The molecule has 0 aromatic heterocycles. The molecule has 0 aliphatic carbocycles. The Balaban J connectivity index is 0.000000479. The van der Waals surface area contributed by atoms with Crippen LogP contribution in [0.1, 0.15) is 25.8 Å². The number of benzene rings is 1. The Morgan fingerprint density at radius 3 is 2.24 bits per heavy atom. The van der Waals surface area contributed by atoms with Crippen LogP contribution in [0.5, 0.6) is 0 Å². The lowest BCUT2D eigenvalue weighted by molar-refractivity contribution is -0.192. The molecule has 1 aromatic carbocycles. The van der Waals surface area contributed by atoms with Crippen molar-refractivity contribution in [1.29, 1.82) is 0 Å². The quantitative estimate of drug-likeness (QED) is 0.455. The van der Waals surface area contributed by atoms with E-state index in [1.807, 2.05) is 49.1 Å². The second-order valence-corrected chi connectivity index (χ2v) is 8.89. The molecule has 0 saturated carbocycles. The zero-order chi connectivity index (χ0) is 27.7. The monoisotopic (exact) mass is 526 g/mol. The van der Waals surface area contributed by atoms with E-state index >= 15 is 0 Å². The Labute approximate surface area is 211 Å². The number of alkyl halides is 3. The van der Waals surface area contributed by atoms with Gasteiger partial charge in [-0.3, -0.25) is 14.5 Å². The highest BCUT2D eigenvalue weighted by atomic mass is 19.4. The molecule has 3 heterocycles. The molecule has 3 aliphatic rings. The number of rotatable bonds is 5. The first-order chi connectivity index (χ1) is 17.4. The Morgan fingerprint density at radius 2 is 1.76 bits per heavy atom. The molecule has 3 aliphatic heterocycles. The van der Waals surface area contributed by atoms with E-state index in [9.17, 15) is 27.6 Å². The maximum absolute atomic E-state index is 13.2. The summed E-state index contributed by atoms with van der Waals surface area (Å²) < 4.78 is 36.9. The summed E-state index contributed by atoms with van der Waals surface area (Å²) in [6.45, 7) is 5.59. The van der Waals surface area contributed by atoms with Crippen molar-refractivity contribution < 1.29 is 42.2 Å². The molecule has 3 saturated heterocycles. The summed E-state index contributed by atoms with van der Waals surface area (Å²) in [5.41, 5.74) is -0.183. The number of guanidine groups is 1. The molecule has 0 unspecified atom stereocenters. The van der Waals surface area contributed by atoms with Crippen molar-refractivity contribution >= 4 is 29.7 Å². The molecule has 4 rings (SSSR count). The van der Waals surface area contributed by atoms with E-state index < -0.39 is 35.5 Å². The lowest BCUT2D eigenvalue weighted by Crippen LogP contribution is -2.60. The Hall–Kier alpha value is -3.64. The van der Waals surface area contributed by atoms with E-state index in [1.165, 1.54) is 19.1 Å². The first kappa shape index (κ1) is 27.9. The number of hydrogen-bond donors (Lipinski definition) is 1. The SMILES string of the molecule is CCN1C[C@@H]2[C@@H]3C(=O)N(C)C(=O)[C@@H]3[C@](CC)(C(=O)OC)N2C1=NCc1ccccc1.O=C(O)C(F)(F)F. The van der Waals surface area contributed by atoms with Gasteiger partial charge >= 0.3 is 18.1 Å². The molecule has 4 atom stereocenters. The van der Waals surface area contributed by atoms with E-state index in [1.54, 1.807) is 0 Å². The maximum atomic E-state index is 13.2. The summed E-state index contributed by atoms with van der Waals surface area (Å²) in [5, 5.41) is 7.12. The fraction of sp³-hybridized carbons (Fsp3) is 0.542. The third kappa shape index (κ3) is 4.62. The van der Waals surface area contributed by atoms with Gasteiger partial charge in [-0.15, -0.1) is 0 Å². The highest BCUT2D eigenvalue weighted by Gasteiger charge is 2.73. The molecule has 1 aromatic rings. The van der Waals surface area contributed by atoms with Gasteiger partial charge in [0.15, 0.2) is 11.5 Å². The summed E-state index contributed by atoms with van der Waals surface area (Å²) in [7, 11) is 2.84. The van der Waals surface area contributed by atoms with Crippen LogP contribution in [-0.4, -0.2) is 94.5 Å². The second-order valence-electron chi connectivity index (χ2n) is 8.89. The largest absolute Gasteiger partial charge is 0.490 e. The minimum Gasteiger partial charge on any atom is -0.475 e. The van der Waals surface area contributed by atoms with Crippen molar-refractivity contribution in [2.24, 2.45) is 16.8 Å². The normalized spacial score (nSPS) is 27.7. The maximum Gasteiger partial charge on any atom is 0.490 e. The van der Waals surface area contributed by atoms with Crippen LogP contribution in [0, 0.1) is 11.8 Å². The number of amides is 2. The van der Waals surface area contributed by atoms with Crippen LogP contribution >= 0.6 is 0 Å². The minimum absolute atomic E-state index is 0.223. The van der Waals surface area contributed by atoms with Gasteiger partial charge in [-0.1, -0.05) is 37.3 Å². The van der Waals surface area contributed by atoms with Gasteiger partial charge in [0.2, 0.25) is 11.8 Å². The third-order valence-corrected chi connectivity index (χ3v) is 7.12. The van der Waals surface area contributed by atoms with E-state index in [0.717, 1.165) is 5.56 Å². The van der Waals surface area contributed by atoms with E-state index in [4.69, 9.17) is 19.6 Å². The van der Waals surface area contributed by atoms with Gasteiger partial charge in [0, 0.05) is 20.1 Å². The number of esters is 1. The number of halogens is 3. The van der Waals surface area contributed by atoms with Gasteiger partial charge in [0.1, 0.15) is 0 Å². The van der Waals surface area contributed by atoms with Crippen LogP contribution in [-0.2, 0) is 30.5 Å². The number of carboxylic acids is 1. The zero-order valence-corrected chi connectivity index (χ0v) is 20.9. The molecule has 10 nitrogen and oxygen atoms in total. The molecule has 37 heavy (non-hydrogen) atoms. The van der Waals surface area contributed by atoms with Crippen LogP contribution < -0.4 is 0 Å². The molecule has 2 amide bonds. The summed E-state index contributed by atoms with van der Waals surface area (Å²) in [4.78, 5) is 58.3. The predicted molar refractivity (Wildman–Crippen MR) is 124 cm³/mol. The van der Waals surface area contributed by atoms with Crippen molar-refractivity contribution in [3.05, 3.63) is 35.9 Å². The standard InChI is InChI=1S/C22H28N4O4.C2HF3O2/c1-5-22(20(29)30-4)17-16(18(27)24(3)19(17)28)15-13-25(6-2)21(26(15)22)23-12-14-10-8-7-9-11-14;3-2(4,5)1(6)7/h7-11,15-17H,5-6,12-13H2,1-4H3;(H,6,7)/t15-,16+,17-,22-;/m1./s1. The van der Waals surface area contributed by atoms with Gasteiger partial charge in [0.25, 0.3) is 0 Å². The van der Waals surface area contributed by atoms with Crippen LogP contribution in [0.2, 0.25) is 0 Å². The summed E-state index contributed by atoms with van der Waals surface area (Å²) in [6, 6.07) is 9.59. The predicted octanol–water partition coefficient (Wildman–Crippen LogP) is 1.75. The number of aliphatic imine (C=N–C) groups is 1. The molecule has 3 fully saturated rings. The molecule has 13 heteroatoms. The number of hydrogen-bond acceptors (Lipinski definition) is 6. The van der Waals surface area contributed by atoms with E-state index in [2.05, 4.69) is 4.90 Å². The number of methoxy groups -OCH3 is 1. The fourth-order valence-corrected chi connectivity index (χ4v) is 5.44. The Kier molecular flexibility index (Phi) is 7.84. The Bertz CT molecular complexity index is 1100. The fourth-order valence-electron chi connectivity index (χ4n) is 5.44. The highest BCUT2D eigenvalue weighted by Crippen LogP contribution is 2.53. The number of aliphatic carboxylic acids is 1. The average molecular weight is 527 g/mol. The number of nitrogens with zero attached hydrogens (tertiary/aromatic N) is 4. The highest BCUT2D eigenvalue weighted by molar-refractivity contribution is 6.11. The lowest BCUT2D eigenvalue weighted by Gasteiger charge is -2.39. The first-order valence-electron chi connectivity index (χ1n) is 11.7. The third-order valence-electron chi connectivity index (χ3n) is 7.12. The van der Waals surface area contributed by atoms with Crippen molar-refractivity contribution in [3.8, 4) is 0 Å². The van der Waals surface area contributed by atoms with Crippen LogP contribution in [0.25, 0.3) is 0 Å². The molecule has 0 bridgehead atoms. The van der Waals surface area contributed by atoms with Gasteiger partial charge in [0.05, 0.1) is 31.5 Å². The summed E-state index contributed by atoms with van der Waals surface area (Å²) in [6.07, 6.45) is -4.73. The van der Waals surface area contributed by atoms with E-state index in [-0.39, 0.29) is 17.9 Å². The van der Waals surface area contributed by atoms with Crippen LogP contribution in [0.3, 0.4) is 0 Å². The zero-order valence-electron chi connectivity index (χ0n) is 20.9. The van der Waals surface area contributed by atoms with Crippen molar-refractivity contribution in [2.75, 3.05) is 27.2 Å². The number of ether oxygens (including phenoxy) is 1. The number of carboxylic acid groups (broad SMARTS) is 1. The number of carbonyl (C=O) groups excluding carboxylic acids is 3. The van der Waals surface area contributed by atoms with Crippen LogP contribution in [0.4, 0.5) is 13.2 Å². The van der Waals surface area contributed by atoms with Gasteiger partial charge in [-0.25, -0.2) is 14.6 Å². The Morgan fingerprint density at radius 1 is 1.16 bits per heavy atom. The van der Waals surface area contributed by atoms with Gasteiger partial charge < -0.3 is 19.6 Å². The molecule has 202 valence electrons. The second kappa shape index (κ2) is 10.4. The lowest BCUT2D eigenvalue weighted by atomic mass is 9.78. The van der Waals surface area contributed by atoms with Gasteiger partial charge in [-0.2, -0.15) is 13.2 Å². The summed E-state index contributed by atoms with van der Waals surface area (Å²) in [5.74, 6) is -4.43. The number of fused-ring (bicyclic) bond motifs is 3. The van der Waals surface area contributed by atoms with Crippen molar-refractivity contribution in [2.45, 2.75) is 44.6 Å². The molecule has 0 radical (unpaired) electrons. The minimum atomic E-state index is -5.08. The number of likely N-dealkylation sites (tertiary alicyclic amines) is 1. The van der Waals surface area contributed by atoms with E-state index in [0.29, 0.717) is 32.0 Å². The van der Waals surface area contributed by atoms with Crippen LogP contribution in [0.15, 0.2) is 35.3 Å². The first-order valence-corrected chi connectivity index (χ1v) is 11.7. The topological polar surface area (TPSA) is 120 Å².